The molecule has 1 atom stereocenters. The SMILES string of the molecule is COCCOC(=O)C1=C(C)N=c2sc(=CC=Cc3ccccc3)c(=O)n2C1c1ccccc1Cl. The van der Waals surface area contributed by atoms with Gasteiger partial charge in [0.15, 0.2) is 4.80 Å². The van der Waals surface area contributed by atoms with Gasteiger partial charge in [-0.25, -0.2) is 9.79 Å². The number of aromatic nitrogens is 1. The Kier molecular flexibility index (Phi) is 7.57. The van der Waals surface area contributed by atoms with Gasteiger partial charge in [0.2, 0.25) is 0 Å². The van der Waals surface area contributed by atoms with Crippen LogP contribution in [0.1, 0.15) is 24.1 Å². The van der Waals surface area contributed by atoms with Crippen LogP contribution in [-0.2, 0) is 14.3 Å². The topological polar surface area (TPSA) is 69.9 Å². The quantitative estimate of drug-likeness (QED) is 0.370. The van der Waals surface area contributed by atoms with E-state index in [4.69, 9.17) is 21.1 Å². The third kappa shape index (κ3) is 4.97. The predicted molar refractivity (Wildman–Crippen MR) is 134 cm³/mol. The van der Waals surface area contributed by atoms with Crippen LogP contribution in [0.4, 0.5) is 0 Å². The standard InChI is InChI=1S/C26H23ClN2O4S/c1-17-22(25(31)33-16-15-32-2)23(19-12-6-7-13-20(19)27)29-24(30)21(34-26(29)28-17)14-8-11-18-9-4-3-5-10-18/h3-14,23H,15-16H2,1-2H3. The minimum atomic E-state index is -0.750. The van der Waals surface area contributed by atoms with Gasteiger partial charge in [0.25, 0.3) is 5.56 Å². The van der Waals surface area contributed by atoms with Crippen molar-refractivity contribution >= 4 is 41.1 Å². The van der Waals surface area contributed by atoms with E-state index in [1.807, 2.05) is 48.6 Å². The number of thiazole rings is 1. The van der Waals surface area contributed by atoms with Gasteiger partial charge in [-0.15, -0.1) is 0 Å². The van der Waals surface area contributed by atoms with E-state index in [0.717, 1.165) is 5.56 Å². The molecule has 0 spiro atoms. The number of hydrogen-bond acceptors (Lipinski definition) is 6. The molecule has 0 fully saturated rings. The van der Waals surface area contributed by atoms with E-state index >= 15 is 0 Å². The minimum Gasteiger partial charge on any atom is -0.460 e. The molecule has 1 unspecified atom stereocenters. The minimum absolute atomic E-state index is 0.0933. The van der Waals surface area contributed by atoms with E-state index in [1.54, 1.807) is 31.2 Å². The van der Waals surface area contributed by atoms with Crippen molar-refractivity contribution in [2.24, 2.45) is 4.99 Å². The number of methoxy groups -OCH3 is 1. The van der Waals surface area contributed by atoms with Crippen molar-refractivity contribution in [2.75, 3.05) is 20.3 Å². The highest BCUT2D eigenvalue weighted by molar-refractivity contribution is 7.07. The van der Waals surface area contributed by atoms with Crippen LogP contribution in [-0.4, -0.2) is 30.9 Å². The number of rotatable bonds is 7. The van der Waals surface area contributed by atoms with Crippen molar-refractivity contribution in [2.45, 2.75) is 13.0 Å². The van der Waals surface area contributed by atoms with Gasteiger partial charge in [-0.3, -0.25) is 9.36 Å². The molecule has 3 aromatic rings. The van der Waals surface area contributed by atoms with Crippen molar-refractivity contribution in [3.05, 3.63) is 108 Å². The highest BCUT2D eigenvalue weighted by Gasteiger charge is 2.34. The van der Waals surface area contributed by atoms with Crippen molar-refractivity contribution in [3.63, 3.8) is 0 Å². The fraction of sp³-hybridized carbons (Fsp3) is 0.192. The smallest absolute Gasteiger partial charge is 0.338 e. The first-order valence-corrected chi connectivity index (χ1v) is 11.9. The van der Waals surface area contributed by atoms with E-state index in [1.165, 1.54) is 23.0 Å². The molecule has 1 aliphatic heterocycles. The lowest BCUT2D eigenvalue weighted by Crippen LogP contribution is -2.40. The second kappa shape index (κ2) is 10.8. The van der Waals surface area contributed by atoms with E-state index in [9.17, 15) is 9.59 Å². The van der Waals surface area contributed by atoms with Gasteiger partial charge in [0, 0.05) is 12.1 Å². The number of carbonyl (C=O) groups excluding carboxylic acids is 1. The number of hydrogen-bond donors (Lipinski definition) is 0. The molecule has 8 heteroatoms. The van der Waals surface area contributed by atoms with Gasteiger partial charge in [-0.05, 0) is 30.2 Å². The number of benzene rings is 2. The largest absolute Gasteiger partial charge is 0.460 e. The Bertz CT molecular complexity index is 1440. The molecule has 34 heavy (non-hydrogen) atoms. The number of ether oxygens (including phenoxy) is 2. The zero-order valence-electron chi connectivity index (χ0n) is 18.7. The van der Waals surface area contributed by atoms with Crippen LogP contribution < -0.4 is 14.9 Å². The Hall–Kier alpha value is -3.26. The third-order valence-corrected chi connectivity index (χ3v) is 6.64. The van der Waals surface area contributed by atoms with E-state index < -0.39 is 12.0 Å². The summed E-state index contributed by atoms with van der Waals surface area (Å²) in [5.74, 6) is -0.554. The molecule has 0 radical (unpaired) electrons. The first kappa shape index (κ1) is 23.9. The first-order valence-electron chi connectivity index (χ1n) is 10.7. The fourth-order valence-corrected chi connectivity index (χ4v) is 4.93. The summed E-state index contributed by atoms with van der Waals surface area (Å²) in [4.78, 5) is 31.6. The van der Waals surface area contributed by atoms with Crippen LogP contribution in [0.15, 0.2) is 81.7 Å². The molecule has 2 heterocycles. The summed E-state index contributed by atoms with van der Waals surface area (Å²) in [5, 5.41) is 0.447. The average molecular weight is 495 g/mol. The highest BCUT2D eigenvalue weighted by atomic mass is 35.5. The van der Waals surface area contributed by atoms with Crippen molar-refractivity contribution < 1.29 is 14.3 Å². The predicted octanol–water partition coefficient (Wildman–Crippen LogP) is 3.74. The third-order valence-electron chi connectivity index (χ3n) is 5.30. The molecule has 0 saturated heterocycles. The number of fused-ring (bicyclic) bond motifs is 1. The fourth-order valence-electron chi connectivity index (χ4n) is 3.69. The molecule has 0 amide bonds. The summed E-state index contributed by atoms with van der Waals surface area (Å²) in [7, 11) is 1.53. The molecule has 0 N–H and O–H groups in total. The molecule has 0 saturated carbocycles. The molecule has 1 aromatic heterocycles. The highest BCUT2D eigenvalue weighted by Crippen LogP contribution is 2.34. The number of carbonyl (C=O) groups is 1. The maximum absolute atomic E-state index is 13.5. The van der Waals surface area contributed by atoms with Crippen LogP contribution >= 0.6 is 22.9 Å². The lowest BCUT2D eigenvalue weighted by Gasteiger charge is -2.25. The molecular weight excluding hydrogens is 472 g/mol. The van der Waals surface area contributed by atoms with Gasteiger partial charge >= 0.3 is 5.97 Å². The van der Waals surface area contributed by atoms with Crippen molar-refractivity contribution in [1.29, 1.82) is 0 Å². The molecule has 0 bridgehead atoms. The summed E-state index contributed by atoms with van der Waals surface area (Å²) < 4.78 is 12.4. The lowest BCUT2D eigenvalue weighted by atomic mass is 9.96. The second-order valence-corrected chi connectivity index (χ2v) is 8.94. The number of halogens is 1. The zero-order valence-corrected chi connectivity index (χ0v) is 20.3. The monoisotopic (exact) mass is 494 g/mol. The molecule has 2 aromatic carbocycles. The molecule has 174 valence electrons. The molecule has 0 aliphatic carbocycles. The van der Waals surface area contributed by atoms with Crippen molar-refractivity contribution in [3.8, 4) is 0 Å². The zero-order chi connectivity index (χ0) is 24.1. The van der Waals surface area contributed by atoms with Crippen LogP contribution in [0, 0.1) is 0 Å². The van der Waals surface area contributed by atoms with Crippen molar-refractivity contribution in [1.82, 2.24) is 4.57 Å². The van der Waals surface area contributed by atoms with Gasteiger partial charge in [-0.2, -0.15) is 0 Å². The van der Waals surface area contributed by atoms with E-state index in [2.05, 4.69) is 4.99 Å². The van der Waals surface area contributed by atoms with Gasteiger partial charge < -0.3 is 9.47 Å². The Morgan fingerprint density at radius 3 is 2.62 bits per heavy atom. The molecular formula is C26H23ClN2O4S. The summed E-state index contributed by atoms with van der Waals surface area (Å²) in [6, 6.07) is 16.2. The Morgan fingerprint density at radius 2 is 1.88 bits per heavy atom. The summed E-state index contributed by atoms with van der Waals surface area (Å²) in [6.45, 7) is 2.10. The Labute approximate surface area is 205 Å². The van der Waals surface area contributed by atoms with Gasteiger partial charge in [-0.1, -0.05) is 83.6 Å². The summed E-state index contributed by atoms with van der Waals surface area (Å²) >= 11 is 7.79. The molecule has 1 aliphatic rings. The van der Waals surface area contributed by atoms with Gasteiger partial charge in [0.05, 0.1) is 22.4 Å². The normalized spacial score (nSPS) is 16.0. The molecule has 6 nitrogen and oxygen atoms in total. The van der Waals surface area contributed by atoms with Crippen LogP contribution in [0.2, 0.25) is 5.02 Å². The van der Waals surface area contributed by atoms with E-state index in [-0.39, 0.29) is 24.3 Å². The van der Waals surface area contributed by atoms with Crippen LogP contribution in [0.3, 0.4) is 0 Å². The first-order chi connectivity index (χ1) is 16.5. The van der Waals surface area contributed by atoms with Gasteiger partial charge in [0.1, 0.15) is 12.6 Å². The Balaban J connectivity index is 1.83. The maximum Gasteiger partial charge on any atom is 0.338 e. The number of esters is 1. The average Bonchev–Trinajstić information content (AvgIpc) is 3.14. The summed E-state index contributed by atoms with van der Waals surface area (Å²) in [5.41, 5.74) is 2.17. The van der Waals surface area contributed by atoms with Crippen LogP contribution in [0.25, 0.3) is 12.2 Å². The lowest BCUT2D eigenvalue weighted by molar-refractivity contribution is -0.140. The number of nitrogens with zero attached hydrogens (tertiary/aromatic N) is 2. The Morgan fingerprint density at radius 1 is 1.15 bits per heavy atom. The molecule has 4 rings (SSSR count). The summed E-state index contributed by atoms with van der Waals surface area (Å²) in [6.07, 6.45) is 5.52. The number of allylic oxidation sites excluding steroid dienone is 2. The maximum atomic E-state index is 13.5. The second-order valence-electron chi connectivity index (χ2n) is 7.52. The van der Waals surface area contributed by atoms with E-state index in [0.29, 0.717) is 25.6 Å². The van der Waals surface area contributed by atoms with Crippen LogP contribution in [0.5, 0.6) is 0 Å².